The fraction of sp³-hybridized carbons (Fsp3) is 0.462. The molecule has 1 aliphatic carbocycles. The van der Waals surface area contributed by atoms with Crippen LogP contribution in [0.4, 0.5) is 10.1 Å². The van der Waals surface area contributed by atoms with Gasteiger partial charge in [-0.25, -0.2) is 4.39 Å². The molecule has 0 aliphatic heterocycles. The van der Waals surface area contributed by atoms with Crippen LogP contribution in [0.3, 0.4) is 0 Å². The summed E-state index contributed by atoms with van der Waals surface area (Å²) in [5.74, 6) is -1.08. The van der Waals surface area contributed by atoms with Crippen LogP contribution in [0.5, 0.6) is 0 Å². The zero-order chi connectivity index (χ0) is 12.5. The van der Waals surface area contributed by atoms with Crippen LogP contribution in [-0.2, 0) is 4.79 Å². The summed E-state index contributed by atoms with van der Waals surface area (Å²) in [6.45, 7) is 0.364. The van der Waals surface area contributed by atoms with E-state index in [2.05, 4.69) is 0 Å². The molecule has 0 saturated heterocycles. The van der Waals surface area contributed by atoms with E-state index < -0.39 is 11.4 Å². The van der Waals surface area contributed by atoms with Crippen molar-refractivity contribution in [2.24, 2.45) is 5.41 Å². The molecule has 0 spiro atoms. The van der Waals surface area contributed by atoms with Gasteiger partial charge in [0.2, 0.25) is 0 Å². The molecule has 0 radical (unpaired) electrons. The zero-order valence-corrected chi connectivity index (χ0v) is 9.82. The van der Waals surface area contributed by atoms with Crippen LogP contribution in [-0.4, -0.2) is 24.7 Å². The molecule has 1 aromatic carbocycles. The summed E-state index contributed by atoms with van der Waals surface area (Å²) < 4.78 is 13.5. The van der Waals surface area contributed by atoms with E-state index in [0.717, 1.165) is 6.42 Å². The molecule has 1 fully saturated rings. The van der Waals surface area contributed by atoms with Crippen LogP contribution >= 0.6 is 0 Å². The Morgan fingerprint density at radius 2 is 2.12 bits per heavy atom. The lowest BCUT2D eigenvalue weighted by atomic mass is 9.68. The molecule has 0 amide bonds. The molecule has 2 rings (SSSR count). The van der Waals surface area contributed by atoms with Crippen molar-refractivity contribution in [3.8, 4) is 0 Å². The third kappa shape index (κ3) is 2.12. The predicted octanol–water partition coefficient (Wildman–Crippen LogP) is 2.52. The number of hydrogen-bond acceptors (Lipinski definition) is 2. The van der Waals surface area contributed by atoms with Gasteiger partial charge in [0, 0.05) is 13.6 Å². The Morgan fingerprint density at radius 3 is 2.59 bits per heavy atom. The van der Waals surface area contributed by atoms with Crippen molar-refractivity contribution in [3.63, 3.8) is 0 Å². The minimum absolute atomic E-state index is 0.310. The average molecular weight is 237 g/mol. The minimum atomic E-state index is -0.771. The smallest absolute Gasteiger partial charge is 0.311 e. The van der Waals surface area contributed by atoms with E-state index in [1.54, 1.807) is 30.1 Å². The van der Waals surface area contributed by atoms with Crippen molar-refractivity contribution in [2.45, 2.75) is 19.3 Å². The summed E-state index contributed by atoms with van der Waals surface area (Å²) in [5.41, 5.74) is -0.225. The van der Waals surface area contributed by atoms with Crippen LogP contribution < -0.4 is 4.90 Å². The normalized spacial score (nSPS) is 17.3. The molecule has 0 heterocycles. The number of nitrogens with zero attached hydrogens (tertiary/aromatic N) is 1. The maximum atomic E-state index is 13.5. The third-order valence-electron chi connectivity index (χ3n) is 3.57. The number of benzene rings is 1. The highest BCUT2D eigenvalue weighted by atomic mass is 19.1. The van der Waals surface area contributed by atoms with E-state index >= 15 is 0 Å². The van der Waals surface area contributed by atoms with E-state index in [1.807, 2.05) is 0 Å². The number of rotatable bonds is 4. The maximum Gasteiger partial charge on any atom is 0.311 e. The van der Waals surface area contributed by atoms with Crippen LogP contribution in [0.1, 0.15) is 19.3 Å². The molecule has 1 aliphatic rings. The van der Waals surface area contributed by atoms with Gasteiger partial charge >= 0.3 is 5.97 Å². The first kappa shape index (κ1) is 11.9. The van der Waals surface area contributed by atoms with Crippen molar-refractivity contribution in [2.75, 3.05) is 18.5 Å². The van der Waals surface area contributed by atoms with Crippen molar-refractivity contribution < 1.29 is 14.3 Å². The molecule has 3 nitrogen and oxygen atoms in total. The lowest BCUT2D eigenvalue weighted by molar-refractivity contribution is -0.153. The molecule has 1 aromatic rings. The highest BCUT2D eigenvalue weighted by molar-refractivity contribution is 5.76. The van der Waals surface area contributed by atoms with Gasteiger partial charge in [0.1, 0.15) is 5.82 Å². The Bertz CT molecular complexity index is 429. The number of carboxylic acids is 1. The Balaban J connectivity index is 2.14. The zero-order valence-electron chi connectivity index (χ0n) is 9.82. The van der Waals surface area contributed by atoms with E-state index in [4.69, 9.17) is 0 Å². The summed E-state index contributed by atoms with van der Waals surface area (Å²) >= 11 is 0. The van der Waals surface area contributed by atoms with Crippen LogP contribution in [0.25, 0.3) is 0 Å². The lowest BCUT2D eigenvalue weighted by Gasteiger charge is -2.41. The van der Waals surface area contributed by atoms with E-state index in [-0.39, 0.29) is 5.82 Å². The van der Waals surface area contributed by atoms with Crippen LogP contribution in [0.2, 0.25) is 0 Å². The molecule has 4 heteroatoms. The van der Waals surface area contributed by atoms with Gasteiger partial charge in [-0.15, -0.1) is 0 Å². The largest absolute Gasteiger partial charge is 0.481 e. The fourth-order valence-electron chi connectivity index (χ4n) is 2.34. The van der Waals surface area contributed by atoms with Gasteiger partial charge in [-0.05, 0) is 25.0 Å². The first-order valence-corrected chi connectivity index (χ1v) is 5.74. The maximum absolute atomic E-state index is 13.5. The van der Waals surface area contributed by atoms with Gasteiger partial charge in [-0.3, -0.25) is 4.79 Å². The van der Waals surface area contributed by atoms with Gasteiger partial charge < -0.3 is 10.0 Å². The Kier molecular flexibility index (Phi) is 3.05. The van der Waals surface area contributed by atoms with E-state index in [9.17, 15) is 14.3 Å². The number of carbonyl (C=O) groups is 1. The average Bonchev–Trinajstić information content (AvgIpc) is 2.23. The number of hydrogen-bond donors (Lipinski definition) is 1. The predicted molar refractivity (Wildman–Crippen MR) is 63.6 cm³/mol. The first-order valence-electron chi connectivity index (χ1n) is 5.74. The molecule has 92 valence electrons. The monoisotopic (exact) mass is 237 g/mol. The molecular weight excluding hydrogens is 221 g/mol. The lowest BCUT2D eigenvalue weighted by Crippen LogP contribution is -2.47. The van der Waals surface area contributed by atoms with Gasteiger partial charge in [-0.2, -0.15) is 0 Å². The van der Waals surface area contributed by atoms with Gasteiger partial charge in [0.15, 0.2) is 0 Å². The van der Waals surface area contributed by atoms with Crippen molar-refractivity contribution >= 4 is 11.7 Å². The van der Waals surface area contributed by atoms with Crippen molar-refractivity contribution in [3.05, 3.63) is 30.1 Å². The Morgan fingerprint density at radius 1 is 1.47 bits per heavy atom. The summed E-state index contributed by atoms with van der Waals surface area (Å²) in [7, 11) is 1.74. The van der Waals surface area contributed by atoms with E-state index in [1.165, 1.54) is 6.07 Å². The molecule has 0 unspecified atom stereocenters. The van der Waals surface area contributed by atoms with Gasteiger partial charge in [-0.1, -0.05) is 18.6 Å². The third-order valence-corrected chi connectivity index (χ3v) is 3.57. The number of anilines is 1. The fourth-order valence-corrected chi connectivity index (χ4v) is 2.34. The first-order chi connectivity index (χ1) is 8.05. The minimum Gasteiger partial charge on any atom is -0.481 e. The summed E-state index contributed by atoms with van der Waals surface area (Å²) in [6.07, 6.45) is 2.31. The number of carboxylic acid groups (broad SMARTS) is 1. The number of halogens is 1. The molecule has 1 N–H and O–H groups in total. The van der Waals surface area contributed by atoms with Gasteiger partial charge in [0.25, 0.3) is 0 Å². The second kappa shape index (κ2) is 4.35. The standard InChI is InChI=1S/C13H16FNO2/c1-15(11-6-3-2-5-10(11)14)9-13(12(16)17)7-4-8-13/h2-3,5-6H,4,7-9H2,1H3,(H,16,17). The molecular formula is C13H16FNO2. The summed E-state index contributed by atoms with van der Waals surface area (Å²) in [5, 5.41) is 9.23. The summed E-state index contributed by atoms with van der Waals surface area (Å²) in [4.78, 5) is 12.9. The highest BCUT2D eigenvalue weighted by Crippen LogP contribution is 2.42. The SMILES string of the molecule is CN(CC1(C(=O)O)CCC1)c1ccccc1F. The quantitative estimate of drug-likeness (QED) is 0.874. The molecule has 17 heavy (non-hydrogen) atoms. The Hall–Kier alpha value is -1.58. The van der Waals surface area contributed by atoms with Crippen LogP contribution in [0.15, 0.2) is 24.3 Å². The summed E-state index contributed by atoms with van der Waals surface area (Å²) in [6, 6.07) is 6.44. The second-order valence-corrected chi connectivity index (χ2v) is 4.75. The second-order valence-electron chi connectivity index (χ2n) is 4.75. The Labute approximate surface area is 99.9 Å². The molecule has 0 atom stereocenters. The highest BCUT2D eigenvalue weighted by Gasteiger charge is 2.45. The number of aliphatic carboxylic acids is 1. The van der Waals surface area contributed by atoms with Crippen molar-refractivity contribution in [1.29, 1.82) is 0 Å². The van der Waals surface area contributed by atoms with Crippen LogP contribution in [0, 0.1) is 11.2 Å². The molecule has 0 aromatic heterocycles. The topological polar surface area (TPSA) is 40.5 Å². The number of para-hydroxylation sites is 1. The van der Waals surface area contributed by atoms with Gasteiger partial charge in [0.05, 0.1) is 11.1 Å². The molecule has 0 bridgehead atoms. The van der Waals surface area contributed by atoms with E-state index in [0.29, 0.717) is 25.1 Å². The van der Waals surface area contributed by atoms with Crippen molar-refractivity contribution in [1.82, 2.24) is 0 Å². The molecule has 1 saturated carbocycles.